The Balaban J connectivity index is 2.66. The number of rotatable bonds is 6. The van der Waals surface area contributed by atoms with E-state index in [-0.39, 0.29) is 22.5 Å². The fourth-order valence-corrected chi connectivity index (χ4v) is 2.83. The van der Waals surface area contributed by atoms with E-state index in [1.165, 1.54) is 0 Å². The van der Waals surface area contributed by atoms with Crippen LogP contribution in [0.1, 0.15) is 37.3 Å². The highest BCUT2D eigenvalue weighted by atomic mass is 79.9. The van der Waals surface area contributed by atoms with Gasteiger partial charge in [-0.05, 0) is 24.6 Å². The van der Waals surface area contributed by atoms with E-state index in [0.29, 0.717) is 17.9 Å². The number of ether oxygens (including phenoxy) is 1. The van der Waals surface area contributed by atoms with Crippen LogP contribution in [0.25, 0.3) is 11.1 Å². The van der Waals surface area contributed by atoms with Gasteiger partial charge < -0.3 is 15.5 Å². The smallest absolute Gasteiger partial charge is 0.268 e. The van der Waals surface area contributed by atoms with Gasteiger partial charge in [0.1, 0.15) is 34.8 Å². The third-order valence-electron chi connectivity index (χ3n) is 3.68. The number of H-pyrrole nitrogens is 1. The first-order valence-electron chi connectivity index (χ1n) is 7.82. The molecular weight excluding hydrogens is 384 g/mol. The van der Waals surface area contributed by atoms with E-state index in [9.17, 15) is 15.3 Å². The van der Waals surface area contributed by atoms with Gasteiger partial charge in [0, 0.05) is 15.6 Å². The van der Waals surface area contributed by atoms with Crippen LogP contribution in [0.15, 0.2) is 27.5 Å². The molecule has 0 aliphatic heterocycles. The number of nitrogen functional groups attached to an aromatic ring is 1. The molecule has 0 aliphatic rings. The van der Waals surface area contributed by atoms with Crippen LogP contribution in [0.4, 0.5) is 5.82 Å². The zero-order chi connectivity index (χ0) is 18.4. The highest BCUT2D eigenvalue weighted by molar-refractivity contribution is 9.10. The fourth-order valence-electron chi connectivity index (χ4n) is 2.47. The Morgan fingerprint density at radius 1 is 1.24 bits per heavy atom. The Kier molecular flexibility index (Phi) is 6.21. The fraction of sp³-hybridized carbons (Fsp3) is 0.278. The number of halogens is 1. The molecule has 7 heteroatoms. The highest BCUT2D eigenvalue weighted by Gasteiger charge is 2.21. The number of unbranched alkanes of at least 4 members (excludes halogenated alkanes) is 2. The van der Waals surface area contributed by atoms with Crippen LogP contribution in [0, 0.1) is 22.7 Å². The molecule has 0 atom stereocenters. The second kappa shape index (κ2) is 8.36. The van der Waals surface area contributed by atoms with Crippen molar-refractivity contribution in [1.29, 1.82) is 10.5 Å². The summed E-state index contributed by atoms with van der Waals surface area (Å²) in [6.45, 7) is 2.60. The first-order valence-corrected chi connectivity index (χ1v) is 8.61. The van der Waals surface area contributed by atoms with Gasteiger partial charge in [-0.1, -0.05) is 35.7 Å². The van der Waals surface area contributed by atoms with Crippen molar-refractivity contribution >= 4 is 21.7 Å². The number of hydrogen-bond acceptors (Lipinski definition) is 5. The summed E-state index contributed by atoms with van der Waals surface area (Å²) in [5.74, 6) is 0.427. The Morgan fingerprint density at radius 3 is 2.60 bits per heavy atom. The first kappa shape index (κ1) is 18.6. The molecule has 0 saturated carbocycles. The number of hydrogen-bond donors (Lipinski definition) is 2. The summed E-state index contributed by atoms with van der Waals surface area (Å²) in [5, 5.41) is 18.9. The van der Waals surface area contributed by atoms with Crippen molar-refractivity contribution < 1.29 is 4.74 Å². The van der Waals surface area contributed by atoms with Crippen LogP contribution >= 0.6 is 15.9 Å². The summed E-state index contributed by atoms with van der Waals surface area (Å²) in [6.07, 6.45) is 2.99. The Bertz CT molecular complexity index is 922. The maximum Gasteiger partial charge on any atom is 0.268 e. The third-order valence-corrected chi connectivity index (χ3v) is 4.18. The molecular formula is C18H17BrN4O2. The zero-order valence-electron chi connectivity index (χ0n) is 13.7. The van der Waals surface area contributed by atoms with E-state index in [0.717, 1.165) is 23.7 Å². The number of nitrogens with one attached hydrogen (secondary N) is 1. The Labute approximate surface area is 154 Å². The molecule has 1 heterocycles. The minimum Gasteiger partial charge on any atom is -0.493 e. The molecule has 0 unspecified atom stereocenters. The molecule has 1 aromatic carbocycles. The van der Waals surface area contributed by atoms with Gasteiger partial charge in [-0.25, -0.2) is 0 Å². The number of nitrogens with two attached hydrogens (primary N) is 1. The van der Waals surface area contributed by atoms with Crippen molar-refractivity contribution in [1.82, 2.24) is 4.98 Å². The van der Waals surface area contributed by atoms with Gasteiger partial charge >= 0.3 is 0 Å². The second-order valence-corrected chi connectivity index (χ2v) is 6.33. The predicted octanol–water partition coefficient (Wildman–Crippen LogP) is 3.70. The molecule has 3 N–H and O–H groups in total. The van der Waals surface area contributed by atoms with E-state index >= 15 is 0 Å². The van der Waals surface area contributed by atoms with Gasteiger partial charge in [0.05, 0.1) is 6.61 Å². The molecule has 0 spiro atoms. The quantitative estimate of drug-likeness (QED) is 0.716. The summed E-state index contributed by atoms with van der Waals surface area (Å²) < 4.78 is 6.57. The van der Waals surface area contributed by atoms with Crippen molar-refractivity contribution in [3.05, 3.63) is 44.2 Å². The minimum absolute atomic E-state index is 0.0488. The van der Waals surface area contributed by atoms with Crippen LogP contribution < -0.4 is 16.0 Å². The first-order chi connectivity index (χ1) is 12.0. The van der Waals surface area contributed by atoms with Crippen molar-refractivity contribution in [2.75, 3.05) is 12.3 Å². The number of nitrogens with zero attached hydrogens (tertiary/aromatic N) is 2. The molecule has 6 nitrogen and oxygen atoms in total. The largest absolute Gasteiger partial charge is 0.493 e. The van der Waals surface area contributed by atoms with Crippen LogP contribution in [0.3, 0.4) is 0 Å². The average molecular weight is 401 g/mol. The molecule has 0 aliphatic carbocycles. The molecule has 128 valence electrons. The minimum atomic E-state index is -0.633. The van der Waals surface area contributed by atoms with Gasteiger partial charge in [-0.15, -0.1) is 0 Å². The summed E-state index contributed by atoms with van der Waals surface area (Å²) in [6, 6.07) is 9.09. The number of nitriles is 2. The van der Waals surface area contributed by atoms with Gasteiger partial charge in [0.25, 0.3) is 5.56 Å². The summed E-state index contributed by atoms with van der Waals surface area (Å²) in [7, 11) is 0. The standard InChI is InChI=1S/C18H17BrN4O2/c1-2-3-4-7-25-15-6-5-11(19)8-12(15)16-13(9-20)17(22)23-18(24)14(16)10-21/h5-6,8H,2-4,7H2,1H3,(H3,22,23,24). The van der Waals surface area contributed by atoms with Crippen LogP contribution in [0.5, 0.6) is 5.75 Å². The van der Waals surface area contributed by atoms with Crippen molar-refractivity contribution in [2.24, 2.45) is 0 Å². The normalized spacial score (nSPS) is 10.1. The van der Waals surface area contributed by atoms with Gasteiger partial charge in [-0.2, -0.15) is 10.5 Å². The van der Waals surface area contributed by atoms with Crippen molar-refractivity contribution in [3.63, 3.8) is 0 Å². The van der Waals surface area contributed by atoms with Gasteiger partial charge in [-0.3, -0.25) is 4.79 Å². The molecule has 25 heavy (non-hydrogen) atoms. The Hall–Kier alpha value is -2.77. The second-order valence-electron chi connectivity index (χ2n) is 5.41. The van der Waals surface area contributed by atoms with Crippen molar-refractivity contribution in [3.8, 4) is 29.0 Å². The lowest BCUT2D eigenvalue weighted by atomic mass is 9.96. The average Bonchev–Trinajstić information content (AvgIpc) is 2.59. The van der Waals surface area contributed by atoms with Gasteiger partial charge in [0.2, 0.25) is 0 Å². The Morgan fingerprint density at radius 2 is 1.96 bits per heavy atom. The third kappa shape index (κ3) is 4.01. The molecule has 0 fully saturated rings. The lowest BCUT2D eigenvalue weighted by molar-refractivity contribution is 0.307. The highest BCUT2D eigenvalue weighted by Crippen LogP contribution is 2.37. The number of aromatic amines is 1. The lowest BCUT2D eigenvalue weighted by Crippen LogP contribution is -2.16. The van der Waals surface area contributed by atoms with E-state index < -0.39 is 5.56 Å². The molecule has 0 radical (unpaired) electrons. The summed E-state index contributed by atoms with van der Waals surface area (Å²) >= 11 is 3.38. The topological polar surface area (TPSA) is 116 Å². The van der Waals surface area contributed by atoms with E-state index in [1.807, 2.05) is 12.1 Å². The molecule has 0 saturated heterocycles. The summed E-state index contributed by atoms with van der Waals surface area (Å²) in [4.78, 5) is 14.4. The number of anilines is 1. The maximum absolute atomic E-state index is 12.1. The van der Waals surface area contributed by atoms with E-state index in [4.69, 9.17) is 10.5 Å². The van der Waals surface area contributed by atoms with Gasteiger partial charge in [0.15, 0.2) is 0 Å². The molecule has 0 amide bonds. The maximum atomic E-state index is 12.1. The molecule has 0 bridgehead atoms. The number of aromatic nitrogens is 1. The molecule has 2 rings (SSSR count). The number of pyridine rings is 1. The monoisotopic (exact) mass is 400 g/mol. The van der Waals surface area contributed by atoms with E-state index in [1.54, 1.807) is 18.2 Å². The SMILES string of the molecule is CCCCCOc1ccc(Br)cc1-c1c(C#N)c(N)[nH]c(=O)c1C#N. The van der Waals surface area contributed by atoms with Crippen LogP contribution in [-0.2, 0) is 0 Å². The number of benzene rings is 1. The van der Waals surface area contributed by atoms with Crippen LogP contribution in [-0.4, -0.2) is 11.6 Å². The zero-order valence-corrected chi connectivity index (χ0v) is 15.3. The lowest BCUT2D eigenvalue weighted by Gasteiger charge is -2.15. The van der Waals surface area contributed by atoms with Crippen LogP contribution in [0.2, 0.25) is 0 Å². The molecule has 2 aromatic rings. The summed E-state index contributed by atoms with van der Waals surface area (Å²) in [5.41, 5.74) is 5.71. The van der Waals surface area contributed by atoms with E-state index in [2.05, 4.69) is 27.8 Å². The predicted molar refractivity (Wildman–Crippen MR) is 99.1 cm³/mol. The molecule has 1 aromatic heterocycles. The van der Waals surface area contributed by atoms with Crippen molar-refractivity contribution in [2.45, 2.75) is 26.2 Å².